The Kier molecular flexibility index (Phi) is 8.80. The van der Waals surface area contributed by atoms with Crippen molar-refractivity contribution in [2.45, 2.75) is 31.0 Å². The number of aromatic nitrogens is 2. The van der Waals surface area contributed by atoms with Crippen molar-refractivity contribution in [1.29, 1.82) is 0 Å². The number of rotatable bonds is 8. The molecule has 8 nitrogen and oxygen atoms in total. The predicted molar refractivity (Wildman–Crippen MR) is 136 cm³/mol. The summed E-state index contributed by atoms with van der Waals surface area (Å²) in [4.78, 5) is 40.2. The molecule has 1 unspecified atom stereocenters. The molecule has 0 aliphatic carbocycles. The van der Waals surface area contributed by atoms with Gasteiger partial charge in [0.1, 0.15) is 16.8 Å². The Balaban J connectivity index is 1.30. The molecule has 1 aromatic heterocycles. The fraction of sp³-hybridized carbons (Fsp3) is 0.500. The van der Waals surface area contributed by atoms with Crippen LogP contribution in [0.2, 0.25) is 5.15 Å². The van der Waals surface area contributed by atoms with Crippen molar-refractivity contribution in [2.75, 3.05) is 56.5 Å². The molecule has 2 aromatic rings. The Hall–Kier alpha value is -2.43. The number of likely N-dealkylation sites (tertiary alicyclic amines) is 1. The smallest absolute Gasteiger partial charge is 0.254 e. The summed E-state index contributed by atoms with van der Waals surface area (Å²) in [6, 6.07) is 7.23. The van der Waals surface area contributed by atoms with Gasteiger partial charge >= 0.3 is 0 Å². The summed E-state index contributed by atoms with van der Waals surface area (Å²) < 4.78 is 13.2. The van der Waals surface area contributed by atoms with Gasteiger partial charge in [-0.15, -0.1) is 0 Å². The number of hydrogen-bond acceptors (Lipinski definition) is 7. The quantitative estimate of drug-likeness (QED) is 0.325. The second kappa shape index (κ2) is 12.0. The second-order valence-electron chi connectivity index (χ2n) is 8.82. The highest BCUT2D eigenvalue weighted by Crippen LogP contribution is 2.24. The zero-order valence-electron chi connectivity index (χ0n) is 19.8. The molecule has 1 atom stereocenters. The molecule has 0 saturated carbocycles. The highest BCUT2D eigenvalue weighted by atomic mass is 35.5. The molecular formula is C24H30ClFN6O2S. The van der Waals surface area contributed by atoms with E-state index in [1.807, 2.05) is 6.92 Å². The topological polar surface area (TPSA) is 81.7 Å². The lowest BCUT2D eigenvalue weighted by atomic mass is 10.1. The van der Waals surface area contributed by atoms with Gasteiger partial charge in [0, 0.05) is 50.4 Å². The van der Waals surface area contributed by atoms with E-state index < -0.39 is 0 Å². The van der Waals surface area contributed by atoms with Crippen LogP contribution in [-0.4, -0.2) is 89.2 Å². The summed E-state index contributed by atoms with van der Waals surface area (Å²) in [6.45, 7) is 7.35. The standard InChI is InChI=1S/C24H30ClFN6O2S/c1-17-15-31(12-13-32(17)23(34)18-4-6-19(26)7-5-18)21-14-20(25)28-24(29-21)35-16-22(33)27-8-11-30-9-2-3-10-30/h4-7,14,17H,2-3,8-13,15-16H2,1H3,(H,27,33). The largest absolute Gasteiger partial charge is 0.354 e. The van der Waals surface area contributed by atoms with E-state index in [0.717, 1.165) is 19.6 Å². The van der Waals surface area contributed by atoms with Gasteiger partial charge in [0.25, 0.3) is 5.91 Å². The third-order valence-electron chi connectivity index (χ3n) is 6.25. The summed E-state index contributed by atoms with van der Waals surface area (Å²) in [5.74, 6) is 0.345. The lowest BCUT2D eigenvalue weighted by Crippen LogP contribution is -2.54. The van der Waals surface area contributed by atoms with Crippen LogP contribution in [0, 0.1) is 5.82 Å². The summed E-state index contributed by atoms with van der Waals surface area (Å²) >= 11 is 7.51. The van der Waals surface area contributed by atoms with Crippen LogP contribution in [0.15, 0.2) is 35.5 Å². The average Bonchev–Trinajstić information content (AvgIpc) is 3.36. The summed E-state index contributed by atoms with van der Waals surface area (Å²) in [6.07, 6.45) is 2.47. The van der Waals surface area contributed by atoms with Crippen LogP contribution in [0.3, 0.4) is 0 Å². The minimum atomic E-state index is -0.367. The van der Waals surface area contributed by atoms with Crippen LogP contribution < -0.4 is 10.2 Å². The SMILES string of the molecule is CC1CN(c2cc(Cl)nc(SCC(=O)NCCN3CCCC3)n2)CCN1C(=O)c1ccc(F)cc1. The molecule has 2 saturated heterocycles. The first-order valence-corrected chi connectivity index (χ1v) is 13.2. The minimum Gasteiger partial charge on any atom is -0.354 e. The Morgan fingerprint density at radius 2 is 1.89 bits per heavy atom. The maximum atomic E-state index is 13.2. The van der Waals surface area contributed by atoms with Gasteiger partial charge in [0.05, 0.1) is 5.75 Å². The third kappa shape index (κ3) is 7.05. The van der Waals surface area contributed by atoms with E-state index in [2.05, 4.69) is 25.1 Å². The molecular weight excluding hydrogens is 491 g/mol. The number of carbonyl (C=O) groups excluding carboxylic acids is 2. The van der Waals surface area contributed by atoms with Crippen molar-refractivity contribution >= 4 is 41.0 Å². The van der Waals surface area contributed by atoms with Crippen LogP contribution in [-0.2, 0) is 4.79 Å². The molecule has 1 N–H and O–H groups in total. The monoisotopic (exact) mass is 520 g/mol. The van der Waals surface area contributed by atoms with E-state index in [1.165, 1.54) is 48.9 Å². The van der Waals surface area contributed by atoms with Crippen molar-refractivity contribution in [3.8, 4) is 0 Å². The zero-order valence-corrected chi connectivity index (χ0v) is 21.3. The first-order chi connectivity index (χ1) is 16.9. The van der Waals surface area contributed by atoms with E-state index >= 15 is 0 Å². The molecule has 0 radical (unpaired) electrons. The van der Waals surface area contributed by atoms with Gasteiger partial charge in [0.15, 0.2) is 5.16 Å². The molecule has 2 fully saturated rings. The third-order valence-corrected chi connectivity index (χ3v) is 7.29. The Bertz CT molecular complexity index is 1040. The molecule has 0 spiro atoms. The minimum absolute atomic E-state index is 0.0548. The maximum Gasteiger partial charge on any atom is 0.254 e. The van der Waals surface area contributed by atoms with E-state index in [1.54, 1.807) is 11.0 Å². The second-order valence-corrected chi connectivity index (χ2v) is 10.1. The highest BCUT2D eigenvalue weighted by molar-refractivity contribution is 7.99. The molecule has 2 aliphatic heterocycles. The van der Waals surface area contributed by atoms with Gasteiger partial charge in [-0.1, -0.05) is 23.4 Å². The van der Waals surface area contributed by atoms with Crippen LogP contribution in [0.25, 0.3) is 0 Å². The van der Waals surface area contributed by atoms with E-state index in [9.17, 15) is 14.0 Å². The number of nitrogens with zero attached hydrogens (tertiary/aromatic N) is 5. The lowest BCUT2D eigenvalue weighted by molar-refractivity contribution is -0.118. The van der Waals surface area contributed by atoms with Gasteiger partial charge in [-0.25, -0.2) is 14.4 Å². The van der Waals surface area contributed by atoms with Gasteiger partial charge in [0.2, 0.25) is 5.91 Å². The van der Waals surface area contributed by atoms with Crippen LogP contribution in [0.5, 0.6) is 0 Å². The number of anilines is 1. The number of carbonyl (C=O) groups is 2. The van der Waals surface area contributed by atoms with Crippen molar-refractivity contribution in [3.63, 3.8) is 0 Å². The molecule has 3 heterocycles. The number of nitrogens with one attached hydrogen (secondary N) is 1. The van der Waals surface area contributed by atoms with Crippen LogP contribution in [0.1, 0.15) is 30.1 Å². The van der Waals surface area contributed by atoms with E-state index in [0.29, 0.717) is 47.9 Å². The number of piperazine rings is 1. The molecule has 0 bridgehead atoms. The number of hydrogen-bond donors (Lipinski definition) is 1. The first kappa shape index (κ1) is 25.7. The fourth-order valence-electron chi connectivity index (χ4n) is 4.38. The number of halogens is 2. The Morgan fingerprint density at radius 3 is 2.60 bits per heavy atom. The zero-order chi connectivity index (χ0) is 24.8. The highest BCUT2D eigenvalue weighted by Gasteiger charge is 2.29. The normalized spacial score (nSPS) is 18.7. The number of amides is 2. The molecule has 11 heteroatoms. The first-order valence-electron chi connectivity index (χ1n) is 11.9. The van der Waals surface area contributed by atoms with Crippen molar-refractivity contribution < 1.29 is 14.0 Å². The van der Waals surface area contributed by atoms with Crippen molar-refractivity contribution in [2.24, 2.45) is 0 Å². The average molecular weight is 521 g/mol. The fourth-order valence-corrected chi connectivity index (χ4v) is 5.29. The lowest BCUT2D eigenvalue weighted by Gasteiger charge is -2.40. The predicted octanol–water partition coefficient (Wildman–Crippen LogP) is 2.92. The van der Waals surface area contributed by atoms with Crippen LogP contribution in [0.4, 0.5) is 10.2 Å². The molecule has 2 aliphatic rings. The van der Waals surface area contributed by atoms with Gasteiger partial charge < -0.3 is 20.0 Å². The van der Waals surface area contributed by atoms with Gasteiger partial charge in [-0.2, -0.15) is 0 Å². The van der Waals surface area contributed by atoms with E-state index in [-0.39, 0.29) is 29.4 Å². The Labute approximate surface area is 214 Å². The number of benzene rings is 1. The maximum absolute atomic E-state index is 13.2. The molecule has 35 heavy (non-hydrogen) atoms. The summed E-state index contributed by atoms with van der Waals surface area (Å²) in [5.41, 5.74) is 0.467. The molecule has 2 amide bonds. The molecule has 4 rings (SSSR count). The Morgan fingerprint density at radius 1 is 1.14 bits per heavy atom. The van der Waals surface area contributed by atoms with Gasteiger partial charge in [-0.3, -0.25) is 9.59 Å². The van der Waals surface area contributed by atoms with Crippen molar-refractivity contribution in [1.82, 2.24) is 25.1 Å². The molecule has 188 valence electrons. The molecule has 1 aromatic carbocycles. The van der Waals surface area contributed by atoms with Crippen molar-refractivity contribution in [3.05, 3.63) is 46.9 Å². The van der Waals surface area contributed by atoms with Gasteiger partial charge in [-0.05, 0) is 57.1 Å². The van der Waals surface area contributed by atoms with E-state index in [4.69, 9.17) is 11.6 Å². The summed E-state index contributed by atoms with van der Waals surface area (Å²) in [7, 11) is 0. The summed E-state index contributed by atoms with van der Waals surface area (Å²) in [5, 5.41) is 3.71. The van der Waals surface area contributed by atoms with Crippen LogP contribution >= 0.6 is 23.4 Å². The number of thioether (sulfide) groups is 1.